The van der Waals surface area contributed by atoms with Crippen LogP contribution in [-0.4, -0.2) is 52.3 Å². The van der Waals surface area contributed by atoms with Gasteiger partial charge in [0.1, 0.15) is 5.82 Å². The zero-order chi connectivity index (χ0) is 12.3. The largest absolute Gasteiger partial charge is 0.380 e. The predicted octanol–water partition coefficient (Wildman–Crippen LogP) is 0.791. The summed E-state index contributed by atoms with van der Waals surface area (Å²) in [6, 6.07) is 0. The molecule has 1 aromatic rings. The highest BCUT2D eigenvalue weighted by atomic mass is 16.5. The van der Waals surface area contributed by atoms with Gasteiger partial charge in [0.15, 0.2) is 0 Å². The third-order valence-corrected chi connectivity index (χ3v) is 2.75. The van der Waals surface area contributed by atoms with E-state index in [0.717, 1.165) is 18.9 Å². The average molecular weight is 238 g/mol. The summed E-state index contributed by atoms with van der Waals surface area (Å²) in [7, 11) is 0. The van der Waals surface area contributed by atoms with E-state index in [1.165, 1.54) is 0 Å². The summed E-state index contributed by atoms with van der Waals surface area (Å²) < 4.78 is 5.31. The summed E-state index contributed by atoms with van der Waals surface area (Å²) >= 11 is 0. The van der Waals surface area contributed by atoms with Crippen LogP contribution in [0.15, 0.2) is 0 Å². The minimum absolute atomic E-state index is 0.112. The molecule has 1 fully saturated rings. The van der Waals surface area contributed by atoms with Crippen molar-refractivity contribution >= 4 is 5.91 Å². The smallest absolute Gasteiger partial charge is 0.293 e. The fourth-order valence-electron chi connectivity index (χ4n) is 1.72. The Morgan fingerprint density at radius 2 is 2.24 bits per heavy atom. The van der Waals surface area contributed by atoms with E-state index in [1.54, 1.807) is 4.90 Å². The fourth-order valence-corrected chi connectivity index (χ4v) is 1.72. The third-order valence-electron chi connectivity index (χ3n) is 2.75. The Labute approximate surface area is 100 Å². The maximum atomic E-state index is 12.1. The highest BCUT2D eigenvalue weighted by Gasteiger charge is 2.21. The minimum Gasteiger partial charge on any atom is -0.380 e. The van der Waals surface area contributed by atoms with Gasteiger partial charge in [-0.3, -0.25) is 9.89 Å². The van der Waals surface area contributed by atoms with Crippen molar-refractivity contribution < 1.29 is 9.53 Å². The Hall–Kier alpha value is -1.43. The normalized spacial score (nSPS) is 17.2. The first-order chi connectivity index (χ1) is 8.18. The molecule has 6 nitrogen and oxygen atoms in total. The van der Waals surface area contributed by atoms with Crippen molar-refractivity contribution in [2.75, 3.05) is 26.3 Å². The molecule has 1 aromatic heterocycles. The van der Waals surface area contributed by atoms with Crippen LogP contribution in [0.4, 0.5) is 0 Å². The maximum Gasteiger partial charge on any atom is 0.293 e. The van der Waals surface area contributed by atoms with Crippen LogP contribution in [0.1, 0.15) is 42.6 Å². The summed E-state index contributed by atoms with van der Waals surface area (Å²) in [6.45, 7) is 6.65. The summed E-state index contributed by atoms with van der Waals surface area (Å²) in [6.07, 6.45) is 0.868. The quantitative estimate of drug-likeness (QED) is 0.827. The molecule has 1 saturated heterocycles. The molecule has 0 bridgehead atoms. The molecule has 2 rings (SSSR count). The zero-order valence-corrected chi connectivity index (χ0v) is 10.3. The molecule has 1 N–H and O–H groups in total. The van der Waals surface area contributed by atoms with Gasteiger partial charge in [0.2, 0.25) is 5.82 Å². The van der Waals surface area contributed by atoms with E-state index in [1.807, 2.05) is 13.8 Å². The van der Waals surface area contributed by atoms with Gasteiger partial charge in [-0.15, -0.1) is 5.10 Å². The monoisotopic (exact) mass is 238 g/mol. The molecule has 0 radical (unpaired) electrons. The number of rotatable bonds is 2. The van der Waals surface area contributed by atoms with Gasteiger partial charge in [0, 0.05) is 25.6 Å². The van der Waals surface area contributed by atoms with E-state index >= 15 is 0 Å². The number of hydrogen-bond acceptors (Lipinski definition) is 4. The van der Waals surface area contributed by atoms with Crippen molar-refractivity contribution in [1.29, 1.82) is 0 Å². The van der Waals surface area contributed by atoms with Crippen LogP contribution in [0.2, 0.25) is 0 Å². The molecule has 6 heteroatoms. The number of ether oxygens (including phenoxy) is 1. The standard InChI is InChI=1S/C11H18N4O2/c1-8(2)9-12-10(14-13-9)11(16)15-4-3-6-17-7-5-15/h8H,3-7H2,1-2H3,(H,12,13,14). The lowest BCUT2D eigenvalue weighted by atomic mass is 10.2. The van der Waals surface area contributed by atoms with Crippen molar-refractivity contribution in [1.82, 2.24) is 20.1 Å². The van der Waals surface area contributed by atoms with Crippen LogP contribution in [0.3, 0.4) is 0 Å². The number of aromatic nitrogens is 3. The molecule has 0 aliphatic carbocycles. The molecule has 2 heterocycles. The van der Waals surface area contributed by atoms with Gasteiger partial charge in [-0.1, -0.05) is 13.8 Å². The van der Waals surface area contributed by atoms with E-state index in [4.69, 9.17) is 4.74 Å². The number of aromatic amines is 1. The maximum absolute atomic E-state index is 12.1. The summed E-state index contributed by atoms with van der Waals surface area (Å²) in [4.78, 5) is 18.1. The molecule has 17 heavy (non-hydrogen) atoms. The van der Waals surface area contributed by atoms with Gasteiger partial charge in [-0.05, 0) is 6.42 Å². The van der Waals surface area contributed by atoms with E-state index in [9.17, 15) is 4.79 Å². The van der Waals surface area contributed by atoms with Crippen molar-refractivity contribution in [2.24, 2.45) is 0 Å². The Morgan fingerprint density at radius 3 is 2.94 bits per heavy atom. The van der Waals surface area contributed by atoms with Gasteiger partial charge in [-0.2, -0.15) is 0 Å². The van der Waals surface area contributed by atoms with Gasteiger partial charge in [0.05, 0.1) is 6.61 Å². The summed E-state index contributed by atoms with van der Waals surface area (Å²) in [5.41, 5.74) is 0. The van der Waals surface area contributed by atoms with Crippen LogP contribution < -0.4 is 0 Å². The lowest BCUT2D eigenvalue weighted by Gasteiger charge is -2.17. The molecule has 0 spiro atoms. The van der Waals surface area contributed by atoms with Crippen LogP contribution >= 0.6 is 0 Å². The summed E-state index contributed by atoms with van der Waals surface area (Å²) in [5, 5.41) is 6.78. The predicted molar refractivity (Wildman–Crippen MR) is 61.8 cm³/mol. The second-order valence-corrected chi connectivity index (χ2v) is 4.46. The molecule has 0 atom stereocenters. The van der Waals surface area contributed by atoms with Gasteiger partial charge in [-0.25, -0.2) is 4.98 Å². The minimum atomic E-state index is -0.112. The Bertz CT molecular complexity index is 381. The molecule has 1 amide bonds. The third kappa shape index (κ3) is 2.82. The molecule has 0 saturated carbocycles. The van der Waals surface area contributed by atoms with Gasteiger partial charge in [0.25, 0.3) is 5.91 Å². The molecule has 1 aliphatic rings. The second-order valence-electron chi connectivity index (χ2n) is 4.46. The Morgan fingerprint density at radius 1 is 1.41 bits per heavy atom. The van der Waals surface area contributed by atoms with Crippen molar-refractivity contribution in [3.8, 4) is 0 Å². The van der Waals surface area contributed by atoms with Crippen molar-refractivity contribution in [2.45, 2.75) is 26.2 Å². The average Bonchev–Trinajstić information content (AvgIpc) is 2.65. The molecular formula is C11H18N4O2. The number of nitrogens with zero attached hydrogens (tertiary/aromatic N) is 3. The number of H-pyrrole nitrogens is 1. The molecule has 94 valence electrons. The van der Waals surface area contributed by atoms with E-state index in [2.05, 4.69) is 15.2 Å². The molecule has 0 aromatic carbocycles. The molecular weight excluding hydrogens is 220 g/mol. The number of amides is 1. The first kappa shape index (κ1) is 12.0. The highest BCUT2D eigenvalue weighted by Crippen LogP contribution is 2.10. The number of nitrogens with one attached hydrogen (secondary N) is 1. The summed E-state index contributed by atoms with van der Waals surface area (Å²) in [5.74, 6) is 1.14. The SMILES string of the molecule is CC(C)c1nc(C(=O)N2CCCOCC2)n[nH]1. The number of hydrogen-bond donors (Lipinski definition) is 1. The Balaban J connectivity index is 2.06. The van der Waals surface area contributed by atoms with Gasteiger partial charge < -0.3 is 9.64 Å². The lowest BCUT2D eigenvalue weighted by Crippen LogP contribution is -2.33. The van der Waals surface area contributed by atoms with Crippen LogP contribution in [0.25, 0.3) is 0 Å². The number of carbonyl (C=O) groups excluding carboxylic acids is 1. The highest BCUT2D eigenvalue weighted by molar-refractivity contribution is 5.90. The van der Waals surface area contributed by atoms with Crippen molar-refractivity contribution in [3.63, 3.8) is 0 Å². The van der Waals surface area contributed by atoms with Crippen molar-refractivity contribution in [3.05, 3.63) is 11.6 Å². The zero-order valence-electron chi connectivity index (χ0n) is 10.3. The molecule has 1 aliphatic heterocycles. The lowest BCUT2D eigenvalue weighted by molar-refractivity contribution is 0.0729. The van der Waals surface area contributed by atoms with E-state index < -0.39 is 0 Å². The van der Waals surface area contributed by atoms with Crippen LogP contribution in [0, 0.1) is 0 Å². The first-order valence-corrected chi connectivity index (χ1v) is 5.98. The Kier molecular flexibility index (Phi) is 3.73. The van der Waals surface area contributed by atoms with E-state index in [-0.39, 0.29) is 17.6 Å². The van der Waals surface area contributed by atoms with Gasteiger partial charge >= 0.3 is 0 Å². The molecule has 0 unspecified atom stereocenters. The first-order valence-electron chi connectivity index (χ1n) is 5.98. The van der Waals surface area contributed by atoms with Crippen LogP contribution in [0.5, 0.6) is 0 Å². The topological polar surface area (TPSA) is 71.1 Å². The number of carbonyl (C=O) groups is 1. The van der Waals surface area contributed by atoms with E-state index in [0.29, 0.717) is 19.7 Å². The van der Waals surface area contributed by atoms with Crippen LogP contribution in [-0.2, 0) is 4.74 Å². The fraction of sp³-hybridized carbons (Fsp3) is 0.727. The second kappa shape index (κ2) is 5.27.